The van der Waals surface area contributed by atoms with E-state index in [4.69, 9.17) is 22.8 Å². The Kier molecular flexibility index (Phi) is 15.5. The largest absolute Gasteiger partial charge is 0.469 e. The van der Waals surface area contributed by atoms with E-state index < -0.39 is 25.0 Å². The van der Waals surface area contributed by atoms with E-state index in [9.17, 15) is 4.79 Å². The Morgan fingerprint density at radius 1 is 0.730 bits per heavy atom. The average molecular weight is 578 g/mol. The molecule has 0 aromatic rings. The summed E-state index contributed by atoms with van der Waals surface area (Å²) in [7, 11) is -3.79. The van der Waals surface area contributed by atoms with E-state index in [1.165, 1.54) is 7.11 Å². The molecule has 0 saturated heterocycles. The van der Waals surface area contributed by atoms with Gasteiger partial charge in [-0.25, -0.2) is 0 Å². The zero-order valence-corrected chi connectivity index (χ0v) is 29.8. The minimum absolute atomic E-state index is 0.0680. The molecule has 0 rings (SSSR count). The lowest BCUT2D eigenvalue weighted by molar-refractivity contribution is -0.142. The Labute approximate surface area is 233 Å². The first-order chi connectivity index (χ1) is 16.6. The summed E-state index contributed by atoms with van der Waals surface area (Å²) in [6.07, 6.45) is 2.79. The van der Waals surface area contributed by atoms with Gasteiger partial charge in [0.05, 0.1) is 13.5 Å². The van der Waals surface area contributed by atoms with Crippen LogP contribution in [0.3, 0.4) is 0 Å². The van der Waals surface area contributed by atoms with Crippen LogP contribution >= 0.6 is 0 Å². The lowest BCUT2D eigenvalue weighted by atomic mass is 9.85. The monoisotopic (exact) mass is 577 g/mol. The molecule has 6 nitrogen and oxygen atoms in total. The number of ether oxygens (including phenoxy) is 2. The molecule has 220 valence electrons. The van der Waals surface area contributed by atoms with Gasteiger partial charge in [-0.1, -0.05) is 41.5 Å². The number of rotatable bonds is 18. The predicted molar refractivity (Wildman–Crippen MR) is 163 cm³/mol. The highest BCUT2D eigenvalue weighted by Gasteiger charge is 2.40. The number of carbonyl (C=O) groups is 1. The van der Waals surface area contributed by atoms with Gasteiger partial charge in [0.1, 0.15) is 12.5 Å². The highest BCUT2D eigenvalue weighted by Crippen LogP contribution is 2.38. The molecule has 0 aromatic carbocycles. The fourth-order valence-corrected chi connectivity index (χ4v) is 6.12. The topological polar surface area (TPSA) is 63.2 Å². The molecule has 0 amide bonds. The minimum atomic E-state index is -1.87. The lowest BCUT2D eigenvalue weighted by Gasteiger charge is -2.37. The standard InChI is InChI=1S/C28H61O6Si3/c1-27(2,3)36(11,12)33-20-16-24(22-26(29)30-7)25(17-21-34-37(13,14)28(4,5)6)23-31-18-15-19-32-35(8,9)10/h23-25H,15-22H2,1-14H3/q+1/t24-,25+/m1/s1. The van der Waals surface area contributed by atoms with Crippen molar-refractivity contribution in [2.24, 2.45) is 11.8 Å². The van der Waals surface area contributed by atoms with E-state index in [0.717, 1.165) is 19.3 Å². The molecule has 0 aromatic heterocycles. The van der Waals surface area contributed by atoms with Gasteiger partial charge >= 0.3 is 5.97 Å². The highest BCUT2D eigenvalue weighted by molar-refractivity contribution is 6.74. The molecule has 0 saturated carbocycles. The average Bonchev–Trinajstić information content (AvgIpc) is 2.71. The Morgan fingerprint density at radius 2 is 1.22 bits per heavy atom. The molecule has 0 aliphatic carbocycles. The fourth-order valence-electron chi connectivity index (χ4n) is 3.24. The minimum Gasteiger partial charge on any atom is -0.469 e. The van der Waals surface area contributed by atoms with Crippen LogP contribution < -0.4 is 0 Å². The van der Waals surface area contributed by atoms with Crippen molar-refractivity contribution in [3.8, 4) is 0 Å². The van der Waals surface area contributed by atoms with Gasteiger partial charge in [0.15, 0.2) is 25.0 Å². The van der Waals surface area contributed by atoms with Crippen LogP contribution in [0, 0.1) is 18.4 Å². The summed E-state index contributed by atoms with van der Waals surface area (Å²) in [5.41, 5.74) is 0. The van der Waals surface area contributed by atoms with Crippen LogP contribution in [0.25, 0.3) is 0 Å². The molecule has 9 heteroatoms. The molecule has 0 N–H and O–H groups in total. The van der Waals surface area contributed by atoms with Crippen molar-refractivity contribution in [2.75, 3.05) is 33.5 Å². The zero-order chi connectivity index (χ0) is 29.1. The van der Waals surface area contributed by atoms with Crippen molar-refractivity contribution >= 4 is 30.9 Å². The van der Waals surface area contributed by atoms with Crippen LogP contribution in [-0.2, 0) is 27.5 Å². The third-order valence-electron chi connectivity index (χ3n) is 7.95. The fraction of sp³-hybridized carbons (Fsp3) is 0.929. The molecule has 0 fully saturated rings. The van der Waals surface area contributed by atoms with Crippen LogP contribution in [0.1, 0.15) is 67.2 Å². The Morgan fingerprint density at radius 3 is 1.65 bits per heavy atom. The second kappa shape index (κ2) is 15.6. The molecule has 0 unspecified atom stereocenters. The van der Waals surface area contributed by atoms with E-state index >= 15 is 0 Å². The number of hydrogen-bond acceptors (Lipinski definition) is 6. The Bertz CT molecular complexity index is 648. The van der Waals surface area contributed by atoms with Gasteiger partial charge in [-0.2, -0.15) is 4.74 Å². The Balaban J connectivity index is 5.38. The van der Waals surface area contributed by atoms with E-state index in [1.807, 2.05) is 6.61 Å². The van der Waals surface area contributed by atoms with Gasteiger partial charge in [-0.05, 0) is 68.7 Å². The van der Waals surface area contributed by atoms with Crippen LogP contribution in [0.15, 0.2) is 0 Å². The van der Waals surface area contributed by atoms with Gasteiger partial charge in [-0.15, -0.1) is 0 Å². The van der Waals surface area contributed by atoms with Crippen molar-refractivity contribution in [3.05, 3.63) is 6.61 Å². The quantitative estimate of drug-likeness (QED) is 0.0711. The first-order valence-electron chi connectivity index (χ1n) is 14.1. The molecule has 0 bridgehead atoms. The summed E-state index contributed by atoms with van der Waals surface area (Å²) in [6.45, 7) is 33.8. The maximum Gasteiger partial charge on any atom is 0.305 e. The van der Waals surface area contributed by atoms with Gasteiger partial charge in [-0.3, -0.25) is 4.79 Å². The van der Waals surface area contributed by atoms with E-state index in [2.05, 4.69) is 87.4 Å². The molecule has 0 aliphatic heterocycles. The lowest BCUT2D eigenvalue weighted by Crippen LogP contribution is -2.42. The van der Waals surface area contributed by atoms with Crippen molar-refractivity contribution in [3.63, 3.8) is 0 Å². The first-order valence-corrected chi connectivity index (χ1v) is 23.3. The molecule has 2 atom stereocenters. The molecule has 0 spiro atoms. The van der Waals surface area contributed by atoms with E-state index in [0.29, 0.717) is 32.8 Å². The van der Waals surface area contributed by atoms with Crippen molar-refractivity contribution < 1.29 is 27.5 Å². The second-order valence-electron chi connectivity index (χ2n) is 14.3. The predicted octanol–water partition coefficient (Wildman–Crippen LogP) is 8.03. The molecule has 0 radical (unpaired) electrons. The van der Waals surface area contributed by atoms with E-state index in [1.54, 1.807) is 0 Å². The van der Waals surface area contributed by atoms with Gasteiger partial charge in [0, 0.05) is 32.2 Å². The number of hydrogen-bond donors (Lipinski definition) is 0. The van der Waals surface area contributed by atoms with Gasteiger partial charge in [0.25, 0.3) is 0 Å². The molecular weight excluding hydrogens is 517 g/mol. The molecule has 0 heterocycles. The normalized spacial score (nSPS) is 15.4. The van der Waals surface area contributed by atoms with Crippen molar-refractivity contribution in [2.45, 2.75) is 123 Å². The molecule has 0 aliphatic rings. The van der Waals surface area contributed by atoms with Crippen molar-refractivity contribution in [1.29, 1.82) is 0 Å². The smallest absolute Gasteiger partial charge is 0.305 e. The highest BCUT2D eigenvalue weighted by atomic mass is 28.4. The summed E-state index contributed by atoms with van der Waals surface area (Å²) in [5, 5.41) is 0.302. The number of carbonyl (C=O) groups excluding carboxylic acids is 1. The number of esters is 1. The Hall–Kier alpha value is -0.169. The summed E-state index contributed by atoms with van der Waals surface area (Å²) in [5.74, 6) is -0.0483. The summed E-state index contributed by atoms with van der Waals surface area (Å²) in [6, 6.07) is 0. The summed E-state index contributed by atoms with van der Waals surface area (Å²) >= 11 is 0. The summed E-state index contributed by atoms with van der Waals surface area (Å²) in [4.78, 5) is 12.4. The van der Waals surface area contributed by atoms with Crippen LogP contribution in [-0.4, -0.2) is 64.5 Å². The van der Waals surface area contributed by atoms with Crippen molar-refractivity contribution in [1.82, 2.24) is 0 Å². The van der Waals surface area contributed by atoms with E-state index in [-0.39, 0.29) is 27.9 Å². The van der Waals surface area contributed by atoms with Crippen LogP contribution in [0.4, 0.5) is 0 Å². The van der Waals surface area contributed by atoms with Gasteiger partial charge in [0.2, 0.25) is 6.61 Å². The SMILES string of the molecule is COC(=O)C[C@@H](CCO[Si](C)(C)C(C)(C)C)[C@H]([CH+]OCCCO[Si](C)(C)C)CCO[Si](C)(C)C(C)(C)C. The number of methoxy groups -OCH3 is 1. The molecule has 37 heavy (non-hydrogen) atoms. The van der Waals surface area contributed by atoms with Crippen LogP contribution in [0.2, 0.25) is 55.9 Å². The summed E-state index contributed by atoms with van der Waals surface area (Å²) < 4.78 is 30.0. The third-order valence-corrected chi connectivity index (χ3v) is 18.1. The van der Waals surface area contributed by atoms with Gasteiger partial charge < -0.3 is 18.0 Å². The first kappa shape index (κ1) is 36.8. The maximum absolute atomic E-state index is 12.4. The third kappa shape index (κ3) is 15.3. The maximum atomic E-state index is 12.4. The zero-order valence-electron chi connectivity index (χ0n) is 26.8. The van der Waals surface area contributed by atoms with Crippen LogP contribution in [0.5, 0.6) is 0 Å². The molecular formula is C28H61O6Si3+. The second-order valence-corrected chi connectivity index (χ2v) is 28.5.